The van der Waals surface area contributed by atoms with E-state index in [0.717, 1.165) is 41.7 Å². The molecule has 1 N–H and O–H groups in total. The number of anilines is 1. The molecule has 0 aliphatic carbocycles. The topological polar surface area (TPSA) is 80.1 Å². The molecule has 0 spiro atoms. The molecule has 1 saturated heterocycles. The van der Waals surface area contributed by atoms with Gasteiger partial charge in [-0.3, -0.25) is 4.57 Å². The molecule has 0 bridgehead atoms. The molecule has 0 saturated carbocycles. The fraction of sp³-hybridized carbons (Fsp3) is 0.333. The Bertz CT molecular complexity index is 1400. The smallest absolute Gasteiger partial charge is 0.152 e. The normalized spacial score (nSPS) is 16.2. The number of pyridine rings is 1. The van der Waals surface area contributed by atoms with Gasteiger partial charge in [0.25, 0.3) is 0 Å². The third-order valence-corrected chi connectivity index (χ3v) is 8.51. The van der Waals surface area contributed by atoms with Crippen LogP contribution in [0.5, 0.6) is 0 Å². The van der Waals surface area contributed by atoms with Crippen LogP contribution in [-0.2, 0) is 16.3 Å². The van der Waals surface area contributed by atoms with E-state index in [1.54, 1.807) is 13.1 Å². The Balaban J connectivity index is 1.42. The number of benzene rings is 1. The minimum Gasteiger partial charge on any atom is -0.386 e. The molecule has 1 aliphatic rings. The van der Waals surface area contributed by atoms with E-state index in [1.807, 2.05) is 28.3 Å². The van der Waals surface area contributed by atoms with Crippen LogP contribution >= 0.6 is 11.5 Å². The molecule has 1 aliphatic heterocycles. The lowest BCUT2D eigenvalue weighted by molar-refractivity contribution is 0.292. The lowest BCUT2D eigenvalue weighted by Crippen LogP contribution is -2.40. The van der Waals surface area contributed by atoms with Crippen molar-refractivity contribution in [3.05, 3.63) is 59.5 Å². The average molecular weight is 500 g/mol. The van der Waals surface area contributed by atoms with Crippen molar-refractivity contribution < 1.29 is 12.8 Å². The predicted octanol–water partition coefficient (Wildman–Crippen LogP) is 3.99. The SMILES string of the molecule is CNc1ccc(-c2ccc3c(CCCN4CCS(=O)(=O)CC4)cn(-c4cnsc4)c3n2)cc1F. The molecule has 7 nitrogen and oxygen atoms in total. The number of rotatable bonds is 7. The Labute approximate surface area is 202 Å². The van der Waals surface area contributed by atoms with E-state index in [0.29, 0.717) is 24.5 Å². The van der Waals surface area contributed by atoms with Gasteiger partial charge in [0, 0.05) is 42.7 Å². The fourth-order valence-electron chi connectivity index (χ4n) is 4.39. The molecule has 4 heterocycles. The van der Waals surface area contributed by atoms with E-state index < -0.39 is 9.84 Å². The second-order valence-electron chi connectivity index (χ2n) is 8.52. The number of nitrogens with one attached hydrogen (secondary N) is 1. The fourth-order valence-corrected chi connectivity index (χ4v) is 6.18. The number of halogens is 1. The maximum Gasteiger partial charge on any atom is 0.152 e. The Morgan fingerprint density at radius 1 is 1.18 bits per heavy atom. The number of hydrogen-bond donors (Lipinski definition) is 1. The summed E-state index contributed by atoms with van der Waals surface area (Å²) in [5.41, 5.74) is 4.82. The summed E-state index contributed by atoms with van der Waals surface area (Å²) in [4.78, 5) is 7.13. The first kappa shape index (κ1) is 22.9. The molecule has 0 radical (unpaired) electrons. The predicted molar refractivity (Wildman–Crippen MR) is 135 cm³/mol. The van der Waals surface area contributed by atoms with Gasteiger partial charge in [-0.15, -0.1) is 0 Å². The van der Waals surface area contributed by atoms with Crippen molar-refractivity contribution in [1.29, 1.82) is 0 Å². The zero-order chi connectivity index (χ0) is 23.7. The second kappa shape index (κ2) is 9.44. The van der Waals surface area contributed by atoms with Gasteiger partial charge in [-0.1, -0.05) is 6.07 Å². The quantitative estimate of drug-likeness (QED) is 0.414. The first-order valence-corrected chi connectivity index (χ1v) is 13.9. The Kier molecular flexibility index (Phi) is 6.37. The standard InChI is InChI=1S/C24H26FN5O2S2/c1-26-23-6-4-17(13-21(23)25)22-7-5-20-18(3-2-8-29-9-11-34(31,32)12-10-29)15-30(24(20)28-22)19-14-27-33-16-19/h4-7,13-16,26H,2-3,8-12H2,1H3. The third kappa shape index (κ3) is 4.70. The van der Waals surface area contributed by atoms with Crippen LogP contribution in [0.15, 0.2) is 48.1 Å². The molecule has 34 heavy (non-hydrogen) atoms. The molecule has 0 amide bonds. The monoisotopic (exact) mass is 499 g/mol. The van der Waals surface area contributed by atoms with Crippen LogP contribution in [0.4, 0.5) is 10.1 Å². The Morgan fingerprint density at radius 3 is 2.71 bits per heavy atom. The Morgan fingerprint density at radius 2 is 2.00 bits per heavy atom. The summed E-state index contributed by atoms with van der Waals surface area (Å²) in [7, 11) is -1.17. The van der Waals surface area contributed by atoms with Crippen LogP contribution in [0, 0.1) is 5.82 Å². The molecule has 3 aromatic heterocycles. The molecule has 5 rings (SSSR count). The second-order valence-corrected chi connectivity index (χ2v) is 11.5. The zero-order valence-corrected chi connectivity index (χ0v) is 20.5. The summed E-state index contributed by atoms with van der Waals surface area (Å²) in [6.45, 7) is 2.09. The highest BCUT2D eigenvalue weighted by atomic mass is 32.2. The van der Waals surface area contributed by atoms with E-state index in [9.17, 15) is 12.8 Å². The first-order chi connectivity index (χ1) is 16.4. The number of aryl methyl sites for hydroxylation is 1. The lowest BCUT2D eigenvalue weighted by Gasteiger charge is -2.26. The van der Waals surface area contributed by atoms with Crippen molar-refractivity contribution in [3.8, 4) is 16.9 Å². The molecule has 1 fully saturated rings. The van der Waals surface area contributed by atoms with E-state index in [2.05, 4.69) is 26.9 Å². The zero-order valence-electron chi connectivity index (χ0n) is 18.9. The van der Waals surface area contributed by atoms with Gasteiger partial charge in [-0.25, -0.2) is 17.8 Å². The van der Waals surface area contributed by atoms with Gasteiger partial charge >= 0.3 is 0 Å². The van der Waals surface area contributed by atoms with Crippen LogP contribution in [-0.4, -0.2) is 65.4 Å². The number of hydrogen-bond acceptors (Lipinski definition) is 7. The third-order valence-electron chi connectivity index (χ3n) is 6.32. The van der Waals surface area contributed by atoms with Gasteiger partial charge in [0.2, 0.25) is 0 Å². The largest absolute Gasteiger partial charge is 0.386 e. The minimum atomic E-state index is -2.86. The van der Waals surface area contributed by atoms with Gasteiger partial charge in [-0.2, -0.15) is 4.37 Å². The van der Waals surface area contributed by atoms with Gasteiger partial charge < -0.3 is 10.2 Å². The van der Waals surface area contributed by atoms with Crippen molar-refractivity contribution in [2.24, 2.45) is 0 Å². The number of fused-ring (bicyclic) bond motifs is 1. The molecule has 10 heteroatoms. The summed E-state index contributed by atoms with van der Waals surface area (Å²) < 4.78 is 44.0. The number of sulfone groups is 1. The molecular formula is C24H26FN5O2S2. The van der Waals surface area contributed by atoms with Crippen molar-refractivity contribution in [3.63, 3.8) is 0 Å². The van der Waals surface area contributed by atoms with Crippen LogP contribution in [0.3, 0.4) is 0 Å². The highest BCUT2D eigenvalue weighted by Crippen LogP contribution is 2.29. The summed E-state index contributed by atoms with van der Waals surface area (Å²) in [6, 6.07) is 9.07. The molecular weight excluding hydrogens is 473 g/mol. The van der Waals surface area contributed by atoms with E-state index >= 15 is 0 Å². The highest BCUT2D eigenvalue weighted by molar-refractivity contribution is 7.91. The molecule has 178 valence electrons. The van der Waals surface area contributed by atoms with Crippen LogP contribution < -0.4 is 5.32 Å². The van der Waals surface area contributed by atoms with E-state index in [4.69, 9.17) is 4.98 Å². The van der Waals surface area contributed by atoms with E-state index in [1.165, 1.54) is 23.2 Å². The van der Waals surface area contributed by atoms with Crippen molar-refractivity contribution in [2.45, 2.75) is 12.8 Å². The summed E-state index contributed by atoms with van der Waals surface area (Å²) in [6.07, 6.45) is 5.71. The van der Waals surface area contributed by atoms with Gasteiger partial charge in [-0.05, 0) is 60.7 Å². The highest BCUT2D eigenvalue weighted by Gasteiger charge is 2.21. The molecule has 0 unspecified atom stereocenters. The van der Waals surface area contributed by atoms with Crippen molar-refractivity contribution >= 4 is 38.1 Å². The van der Waals surface area contributed by atoms with Crippen LogP contribution in [0.25, 0.3) is 28.0 Å². The maximum atomic E-state index is 14.4. The van der Waals surface area contributed by atoms with Crippen LogP contribution in [0.2, 0.25) is 0 Å². The Hall–Kier alpha value is -2.82. The van der Waals surface area contributed by atoms with Crippen molar-refractivity contribution in [1.82, 2.24) is 18.8 Å². The maximum absolute atomic E-state index is 14.4. The number of aromatic nitrogens is 3. The summed E-state index contributed by atoms with van der Waals surface area (Å²) >= 11 is 1.38. The molecule has 1 aromatic carbocycles. The molecule has 4 aromatic rings. The first-order valence-electron chi connectivity index (χ1n) is 11.2. The van der Waals surface area contributed by atoms with Crippen molar-refractivity contribution in [2.75, 3.05) is 43.5 Å². The van der Waals surface area contributed by atoms with E-state index in [-0.39, 0.29) is 17.3 Å². The van der Waals surface area contributed by atoms with Gasteiger partial charge in [0.15, 0.2) is 9.84 Å². The summed E-state index contributed by atoms with van der Waals surface area (Å²) in [5.74, 6) is 0.186. The van der Waals surface area contributed by atoms with Gasteiger partial charge in [0.05, 0.1) is 34.8 Å². The molecule has 0 atom stereocenters. The number of nitrogens with zero attached hydrogens (tertiary/aromatic N) is 4. The lowest BCUT2D eigenvalue weighted by atomic mass is 10.1. The van der Waals surface area contributed by atoms with Crippen LogP contribution in [0.1, 0.15) is 12.0 Å². The average Bonchev–Trinajstić information content (AvgIpc) is 3.48. The minimum absolute atomic E-state index is 0.250. The van der Waals surface area contributed by atoms with Gasteiger partial charge in [0.1, 0.15) is 11.5 Å². The summed E-state index contributed by atoms with van der Waals surface area (Å²) in [5, 5.41) is 5.88.